The Morgan fingerprint density at radius 2 is 1.61 bits per heavy atom. The normalized spacial score (nSPS) is 25.6. The second-order valence-electron chi connectivity index (χ2n) is 23.2. The molecule has 31 heteroatoms. The van der Waals surface area contributed by atoms with Crippen LogP contribution < -0.4 is 5.32 Å². The van der Waals surface area contributed by atoms with E-state index in [-0.39, 0.29) is 35.6 Å². The van der Waals surface area contributed by atoms with Crippen molar-refractivity contribution < 1.29 is 112 Å². The van der Waals surface area contributed by atoms with Crippen molar-refractivity contribution in [2.45, 2.75) is 153 Å². The monoisotopic (exact) mass is 1270 g/mol. The molecule has 88 heavy (non-hydrogen) atoms. The molecule has 9 rings (SSSR count). The standard InChI is InChI=1S/C57H71N5O24S2/c1-12-32-25(3)35-16-37-27(5)34(47(61-37)44-45(52(69)70)49(68)43-28(6)38(62-48(43)44)18-40-33(13-2)26(4)36(60-40)17-39(32)59-35)14-15-42(67)82-50-51-56(22-64,86-88(76,77)78)57(84-51,53(71)72)85-55(50,11)24-79-20-31(21-81-87(73,74)75)46(58-29(7)65)41(19-63)83-54(9,10)23-80-30(8)66/h12,16-18,27,31,34,41,45-46,50-51,60-61,63-64H,1,13-15,19-24H2,2-11H3,(H,58,65)(H,69,70)(H,71,72)(H,73,74,75)(H,76,77,78)/t27?,31?,34?,41-,45?,46-,50-,51?,55?,56+,57?/m0/s1. The number of nitrogens with zero attached hydrogens (tertiary/aromatic N) is 2. The third-order valence-electron chi connectivity index (χ3n) is 16.7. The summed E-state index contributed by atoms with van der Waals surface area (Å²) < 4.78 is 113. The van der Waals surface area contributed by atoms with Crippen LogP contribution in [0.5, 0.6) is 0 Å². The first kappa shape index (κ1) is 67.1. The zero-order valence-corrected chi connectivity index (χ0v) is 51.4. The molecule has 0 spiro atoms. The number of H-pyrrole nitrogens is 2. The number of carbonyl (C=O) groups is 6. The fourth-order valence-corrected chi connectivity index (χ4v) is 13.4. The van der Waals surface area contributed by atoms with E-state index in [0.29, 0.717) is 40.3 Å². The number of aliphatic hydroxyl groups excluding tert-OH is 2. The van der Waals surface area contributed by atoms with Gasteiger partial charge in [-0.2, -0.15) is 16.8 Å². The van der Waals surface area contributed by atoms with E-state index in [2.05, 4.69) is 21.9 Å². The summed E-state index contributed by atoms with van der Waals surface area (Å²) in [6.45, 7) is 14.0. The Morgan fingerprint density at radius 1 is 0.943 bits per heavy atom. The molecule has 6 aliphatic heterocycles. The summed E-state index contributed by atoms with van der Waals surface area (Å²) in [7, 11) is -11.0. The van der Waals surface area contributed by atoms with Gasteiger partial charge in [0.05, 0.1) is 67.5 Å². The zero-order valence-electron chi connectivity index (χ0n) is 49.7. The Balaban J connectivity index is 1.19. The van der Waals surface area contributed by atoms with Gasteiger partial charge in [-0.05, 0) is 94.9 Å². The van der Waals surface area contributed by atoms with Gasteiger partial charge in [-0.25, -0.2) is 23.1 Å². The zero-order chi connectivity index (χ0) is 65.1. The van der Waals surface area contributed by atoms with Crippen molar-refractivity contribution in [1.82, 2.24) is 25.3 Å². The Morgan fingerprint density at radius 3 is 2.19 bits per heavy atom. The van der Waals surface area contributed by atoms with Crippen LogP contribution in [0.15, 0.2) is 30.9 Å². The molecule has 3 saturated heterocycles. The van der Waals surface area contributed by atoms with Crippen LogP contribution in [-0.4, -0.2) is 188 Å². The van der Waals surface area contributed by atoms with Crippen LogP contribution in [-0.2, 0) is 92.8 Å². The molecule has 0 radical (unpaired) electrons. The lowest BCUT2D eigenvalue weighted by atomic mass is 9.70. The van der Waals surface area contributed by atoms with Gasteiger partial charge in [-0.1, -0.05) is 26.5 Å². The minimum atomic E-state index is -5.72. The van der Waals surface area contributed by atoms with Crippen LogP contribution in [0, 0.1) is 12.8 Å². The van der Waals surface area contributed by atoms with Crippen LogP contribution in [0.25, 0.3) is 33.3 Å². The highest BCUT2D eigenvalue weighted by Crippen LogP contribution is 2.58. The van der Waals surface area contributed by atoms with E-state index < -0.39 is 166 Å². The molecule has 2 aromatic heterocycles. The molecule has 1 amide bonds. The van der Waals surface area contributed by atoms with Gasteiger partial charge >= 0.3 is 50.5 Å². The first-order chi connectivity index (χ1) is 41.0. The lowest BCUT2D eigenvalue weighted by molar-refractivity contribution is -0.506. The summed E-state index contributed by atoms with van der Waals surface area (Å²) in [6.07, 6.45) is -4.17. The number of aryl methyl sites for hydroxylation is 2. The number of ether oxygens (including phenoxy) is 6. The van der Waals surface area contributed by atoms with Gasteiger partial charge < -0.3 is 64.1 Å². The SMILES string of the molecule is C=CC1=C(C)c2cc3[nH]c(c4c5nc(cc6[nH]c(cc1n2)c(C)c6CC)C(C)=C5C(=O)C4C(=O)O)C(CCC(=O)O[C@H]1C2OC(C(=O)O)(OC1(C)COCC(COS(=O)(=O)O)[C@H](NC(C)=O)[C@H](CO)OC(C)(C)COC(C)=O)[C@]2(CO)OS(=O)(=O)O)C3C. The van der Waals surface area contributed by atoms with E-state index in [1.807, 2.05) is 26.8 Å². The maximum Gasteiger partial charge on any atom is 0.398 e. The molecule has 10 bridgehead atoms. The largest absolute Gasteiger partial charge is 0.480 e. The number of allylic oxidation sites excluding steroid dienone is 5. The highest BCUT2D eigenvalue weighted by molar-refractivity contribution is 7.81. The molecule has 0 saturated carbocycles. The molecule has 11 atom stereocenters. The summed E-state index contributed by atoms with van der Waals surface area (Å²) in [5.74, 6) is -14.9. The molecule has 3 fully saturated rings. The molecule has 2 aromatic rings. The summed E-state index contributed by atoms with van der Waals surface area (Å²) >= 11 is 0. The highest BCUT2D eigenvalue weighted by Gasteiger charge is 2.85. The minimum absolute atomic E-state index is 0.0417. The summed E-state index contributed by atoms with van der Waals surface area (Å²) in [4.78, 5) is 96.9. The van der Waals surface area contributed by atoms with Gasteiger partial charge in [-0.3, -0.25) is 33.1 Å². The van der Waals surface area contributed by atoms with Crippen molar-refractivity contribution in [3.8, 4) is 0 Å². The fourth-order valence-electron chi connectivity index (χ4n) is 12.4. The number of carbonyl (C=O) groups excluding carboxylic acids is 4. The van der Waals surface area contributed by atoms with Crippen LogP contribution >= 0.6 is 0 Å². The lowest BCUT2D eigenvalue weighted by Crippen LogP contribution is -2.91. The third kappa shape index (κ3) is 12.7. The Hall–Kier alpha value is -6.88. The molecular formula is C57H71N5O24S2. The quantitative estimate of drug-likeness (QED) is 0.0370. The molecule has 8 heterocycles. The van der Waals surface area contributed by atoms with E-state index >= 15 is 0 Å². The number of rotatable bonds is 26. The number of aromatic amines is 2. The van der Waals surface area contributed by atoms with Gasteiger partial charge in [-0.15, -0.1) is 0 Å². The summed E-state index contributed by atoms with van der Waals surface area (Å²) in [5, 5.41) is 45.5. The van der Waals surface area contributed by atoms with Gasteiger partial charge in [0.15, 0.2) is 11.9 Å². The van der Waals surface area contributed by atoms with Crippen molar-refractivity contribution in [3.05, 3.63) is 81.7 Å². The lowest BCUT2D eigenvalue weighted by Gasteiger charge is -2.66. The maximum atomic E-state index is 14.7. The molecular weight excluding hydrogens is 1200 g/mol. The van der Waals surface area contributed by atoms with E-state index in [1.165, 1.54) is 13.8 Å². The average Bonchev–Trinajstić information content (AvgIpc) is 0.927. The van der Waals surface area contributed by atoms with E-state index in [0.717, 1.165) is 48.6 Å². The summed E-state index contributed by atoms with van der Waals surface area (Å²) in [5.41, 5.74) is 0.992. The van der Waals surface area contributed by atoms with Crippen molar-refractivity contribution in [1.29, 1.82) is 0 Å². The predicted molar refractivity (Wildman–Crippen MR) is 307 cm³/mol. The average molecular weight is 1270 g/mol. The highest BCUT2D eigenvalue weighted by atomic mass is 32.3. The van der Waals surface area contributed by atoms with E-state index in [1.54, 1.807) is 32.1 Å². The van der Waals surface area contributed by atoms with Crippen molar-refractivity contribution in [2.24, 2.45) is 5.92 Å². The van der Waals surface area contributed by atoms with E-state index in [4.69, 9.17) is 46.8 Å². The van der Waals surface area contributed by atoms with Gasteiger partial charge in [0.1, 0.15) is 30.3 Å². The van der Waals surface area contributed by atoms with Crippen LogP contribution in [0.1, 0.15) is 144 Å². The number of amides is 1. The van der Waals surface area contributed by atoms with Gasteiger partial charge in [0.2, 0.25) is 11.5 Å². The Kier molecular flexibility index (Phi) is 18.9. The fraction of sp³-hybridized carbons (Fsp3) is 0.544. The molecule has 7 aliphatic rings. The van der Waals surface area contributed by atoms with Crippen LogP contribution in [0.3, 0.4) is 0 Å². The molecule has 9 N–H and O–H groups in total. The number of fused-ring (bicyclic) bond motifs is 10. The van der Waals surface area contributed by atoms with Crippen molar-refractivity contribution >= 4 is 89.7 Å². The Bertz CT molecular complexity index is 3760. The number of hydrogen-bond acceptors (Lipinski definition) is 22. The first-order valence-electron chi connectivity index (χ1n) is 27.9. The number of carboxylic acids is 2. The number of carboxylic acid groups (broad SMARTS) is 2. The van der Waals surface area contributed by atoms with Gasteiger partial charge in [0, 0.05) is 77.2 Å². The number of aliphatic hydroxyl groups is 2. The molecule has 480 valence electrons. The van der Waals surface area contributed by atoms with E-state index in [9.17, 15) is 75.1 Å². The topological polar surface area (TPSA) is 435 Å². The maximum absolute atomic E-state index is 14.7. The van der Waals surface area contributed by atoms with Crippen LogP contribution in [0.4, 0.5) is 0 Å². The molecule has 1 aliphatic carbocycles. The number of Topliss-reactive ketones (excluding diaryl/α,β-unsaturated/α-hetero) is 1. The number of hydrogen-bond donors (Lipinski definition) is 9. The second kappa shape index (κ2) is 24.8. The molecule has 7 unspecified atom stereocenters. The number of esters is 2. The number of ketones is 1. The smallest absolute Gasteiger partial charge is 0.398 e. The number of aromatic nitrogens is 4. The van der Waals surface area contributed by atoms with Gasteiger partial charge in [0.25, 0.3) is 0 Å². The van der Waals surface area contributed by atoms with Crippen LogP contribution in [0.2, 0.25) is 0 Å². The minimum Gasteiger partial charge on any atom is -0.480 e. The second-order valence-corrected chi connectivity index (χ2v) is 25.3. The predicted octanol–water partition coefficient (Wildman–Crippen LogP) is 3.48. The summed E-state index contributed by atoms with van der Waals surface area (Å²) in [6, 6.07) is 4.00. The van der Waals surface area contributed by atoms with Crippen molar-refractivity contribution in [3.63, 3.8) is 0 Å². The third-order valence-corrected chi connectivity index (χ3v) is 17.6. The molecule has 0 aromatic carbocycles. The number of aliphatic carboxylic acids is 2. The number of nitrogens with one attached hydrogen (secondary N) is 3. The van der Waals surface area contributed by atoms with Crippen molar-refractivity contribution in [2.75, 3.05) is 39.6 Å². The Labute approximate surface area is 505 Å². The molecule has 29 nitrogen and oxygen atoms in total. The first-order valence-corrected chi connectivity index (χ1v) is 30.6.